The molecule has 0 aliphatic heterocycles. The zero-order valence-corrected chi connectivity index (χ0v) is 12.0. The maximum absolute atomic E-state index is 3.66. The minimum Gasteiger partial charge on any atom is -0.381 e. The van der Waals surface area contributed by atoms with Gasteiger partial charge in [-0.05, 0) is 54.7 Å². The highest BCUT2D eigenvalue weighted by Gasteiger charge is 2.20. The Labute approximate surface area is 116 Å². The number of nitrogens with one attached hydrogen (secondary N) is 1. The average Bonchev–Trinajstić information content (AvgIpc) is 2.75. The molecule has 2 heteroatoms. The third-order valence-corrected chi connectivity index (χ3v) is 4.09. The number of aryl methyl sites for hydroxylation is 1. The Morgan fingerprint density at radius 1 is 1.06 bits per heavy atom. The summed E-state index contributed by atoms with van der Waals surface area (Å²) >= 11 is 3.50. The fraction of sp³-hybridized carbons (Fsp3) is 0.250. The predicted octanol–water partition coefficient (Wildman–Crippen LogP) is 4.34. The summed E-state index contributed by atoms with van der Waals surface area (Å²) < 4.78 is 1.14. The summed E-state index contributed by atoms with van der Waals surface area (Å²) in [6.45, 7) is 2.15. The van der Waals surface area contributed by atoms with Gasteiger partial charge in [-0.25, -0.2) is 0 Å². The van der Waals surface area contributed by atoms with Crippen molar-refractivity contribution in [2.45, 2.75) is 25.8 Å². The SMILES string of the molecule is Cc1cc(Br)ccc1NC1Cc2ccccc2C1. The third-order valence-electron chi connectivity index (χ3n) is 3.60. The molecule has 0 spiro atoms. The van der Waals surface area contributed by atoms with Gasteiger partial charge in [0, 0.05) is 16.2 Å². The number of hydrogen-bond donors (Lipinski definition) is 1. The number of fused-ring (bicyclic) bond motifs is 1. The van der Waals surface area contributed by atoms with Crippen LogP contribution in [0.5, 0.6) is 0 Å². The first-order valence-corrected chi connectivity index (χ1v) is 7.11. The maximum Gasteiger partial charge on any atom is 0.0373 e. The van der Waals surface area contributed by atoms with Crippen LogP contribution in [0.2, 0.25) is 0 Å². The predicted molar refractivity (Wildman–Crippen MR) is 80.1 cm³/mol. The van der Waals surface area contributed by atoms with Crippen LogP contribution in [-0.2, 0) is 12.8 Å². The Bertz CT molecular complexity index is 552. The van der Waals surface area contributed by atoms with Crippen molar-refractivity contribution in [1.82, 2.24) is 0 Å². The van der Waals surface area contributed by atoms with Gasteiger partial charge < -0.3 is 5.32 Å². The lowest BCUT2D eigenvalue weighted by atomic mass is 10.1. The van der Waals surface area contributed by atoms with E-state index in [-0.39, 0.29) is 0 Å². The standard InChI is InChI=1S/C16H16BrN/c1-11-8-14(17)6-7-16(11)18-15-9-12-4-2-3-5-13(12)10-15/h2-8,15,18H,9-10H2,1H3. The summed E-state index contributed by atoms with van der Waals surface area (Å²) in [4.78, 5) is 0. The normalized spacial score (nSPS) is 14.6. The third kappa shape index (κ3) is 2.30. The molecule has 0 saturated heterocycles. The van der Waals surface area contributed by atoms with E-state index in [4.69, 9.17) is 0 Å². The quantitative estimate of drug-likeness (QED) is 0.870. The summed E-state index contributed by atoms with van der Waals surface area (Å²) in [6, 6.07) is 15.7. The molecule has 92 valence electrons. The molecule has 18 heavy (non-hydrogen) atoms. The first-order chi connectivity index (χ1) is 8.72. The lowest BCUT2D eigenvalue weighted by molar-refractivity contribution is 0.773. The van der Waals surface area contributed by atoms with Gasteiger partial charge in [0.2, 0.25) is 0 Å². The van der Waals surface area contributed by atoms with Crippen molar-refractivity contribution >= 4 is 21.6 Å². The van der Waals surface area contributed by atoms with E-state index < -0.39 is 0 Å². The average molecular weight is 302 g/mol. The van der Waals surface area contributed by atoms with Crippen LogP contribution in [0, 0.1) is 6.92 Å². The van der Waals surface area contributed by atoms with E-state index in [2.05, 4.69) is 70.6 Å². The van der Waals surface area contributed by atoms with Crippen molar-refractivity contribution in [1.29, 1.82) is 0 Å². The van der Waals surface area contributed by atoms with Gasteiger partial charge in [-0.2, -0.15) is 0 Å². The number of hydrogen-bond acceptors (Lipinski definition) is 1. The van der Waals surface area contributed by atoms with Crippen molar-refractivity contribution in [3.63, 3.8) is 0 Å². The molecule has 0 radical (unpaired) electrons. The Morgan fingerprint density at radius 2 is 1.72 bits per heavy atom. The summed E-state index contributed by atoms with van der Waals surface area (Å²) in [5, 5.41) is 3.66. The molecule has 1 N–H and O–H groups in total. The van der Waals surface area contributed by atoms with Gasteiger partial charge in [-0.15, -0.1) is 0 Å². The number of halogens is 1. The van der Waals surface area contributed by atoms with Crippen molar-refractivity contribution in [2.75, 3.05) is 5.32 Å². The molecule has 0 atom stereocenters. The van der Waals surface area contributed by atoms with Crippen LogP contribution < -0.4 is 5.32 Å². The van der Waals surface area contributed by atoms with Gasteiger partial charge in [-0.1, -0.05) is 40.2 Å². The van der Waals surface area contributed by atoms with E-state index in [9.17, 15) is 0 Å². The van der Waals surface area contributed by atoms with Crippen LogP contribution in [0.3, 0.4) is 0 Å². The molecule has 0 saturated carbocycles. The van der Waals surface area contributed by atoms with Crippen LogP contribution in [0.25, 0.3) is 0 Å². The van der Waals surface area contributed by atoms with E-state index in [1.165, 1.54) is 22.4 Å². The fourth-order valence-electron chi connectivity index (χ4n) is 2.67. The second-order valence-corrected chi connectivity index (χ2v) is 5.89. The minimum atomic E-state index is 0.530. The van der Waals surface area contributed by atoms with Crippen molar-refractivity contribution < 1.29 is 0 Å². The summed E-state index contributed by atoms with van der Waals surface area (Å²) in [7, 11) is 0. The van der Waals surface area contributed by atoms with Gasteiger partial charge in [0.15, 0.2) is 0 Å². The highest BCUT2D eigenvalue weighted by Crippen LogP contribution is 2.26. The molecule has 0 aromatic heterocycles. The first-order valence-electron chi connectivity index (χ1n) is 6.32. The van der Waals surface area contributed by atoms with E-state index in [0.717, 1.165) is 17.3 Å². The Morgan fingerprint density at radius 3 is 2.33 bits per heavy atom. The lowest BCUT2D eigenvalue weighted by Gasteiger charge is -2.16. The van der Waals surface area contributed by atoms with Gasteiger partial charge >= 0.3 is 0 Å². The smallest absolute Gasteiger partial charge is 0.0373 e. The molecular weight excluding hydrogens is 286 g/mol. The van der Waals surface area contributed by atoms with Crippen LogP contribution in [0.15, 0.2) is 46.9 Å². The largest absolute Gasteiger partial charge is 0.381 e. The molecule has 1 nitrogen and oxygen atoms in total. The Kier molecular flexibility index (Phi) is 3.13. The molecular formula is C16H16BrN. The van der Waals surface area contributed by atoms with Crippen LogP contribution >= 0.6 is 15.9 Å². The molecule has 0 fully saturated rings. The van der Waals surface area contributed by atoms with Crippen LogP contribution in [0.4, 0.5) is 5.69 Å². The minimum absolute atomic E-state index is 0.530. The Balaban J connectivity index is 1.76. The maximum atomic E-state index is 3.66. The second kappa shape index (κ2) is 4.77. The Hall–Kier alpha value is -1.28. The van der Waals surface area contributed by atoms with Crippen molar-refractivity contribution in [3.8, 4) is 0 Å². The first kappa shape index (κ1) is 11.8. The lowest BCUT2D eigenvalue weighted by Crippen LogP contribution is -2.19. The van der Waals surface area contributed by atoms with Crippen molar-refractivity contribution in [2.24, 2.45) is 0 Å². The molecule has 0 unspecified atom stereocenters. The van der Waals surface area contributed by atoms with E-state index in [1.807, 2.05) is 0 Å². The zero-order chi connectivity index (χ0) is 12.5. The summed E-state index contributed by atoms with van der Waals surface area (Å²) in [6.07, 6.45) is 2.26. The summed E-state index contributed by atoms with van der Waals surface area (Å²) in [5.41, 5.74) is 5.52. The molecule has 2 aromatic carbocycles. The molecule has 2 aromatic rings. The highest BCUT2D eigenvalue weighted by molar-refractivity contribution is 9.10. The molecule has 0 bridgehead atoms. The molecule has 1 aliphatic carbocycles. The van der Waals surface area contributed by atoms with Gasteiger partial charge in [-0.3, -0.25) is 0 Å². The molecule has 0 heterocycles. The molecule has 3 rings (SSSR count). The van der Waals surface area contributed by atoms with Crippen LogP contribution in [-0.4, -0.2) is 6.04 Å². The van der Waals surface area contributed by atoms with Gasteiger partial charge in [0.05, 0.1) is 0 Å². The highest BCUT2D eigenvalue weighted by atomic mass is 79.9. The van der Waals surface area contributed by atoms with Gasteiger partial charge in [0.25, 0.3) is 0 Å². The van der Waals surface area contributed by atoms with Gasteiger partial charge in [0.1, 0.15) is 0 Å². The molecule has 1 aliphatic rings. The fourth-order valence-corrected chi connectivity index (χ4v) is 3.15. The number of rotatable bonds is 2. The van der Waals surface area contributed by atoms with E-state index >= 15 is 0 Å². The van der Waals surface area contributed by atoms with Crippen molar-refractivity contribution in [3.05, 3.63) is 63.6 Å². The van der Waals surface area contributed by atoms with E-state index in [1.54, 1.807) is 0 Å². The number of anilines is 1. The molecule has 0 amide bonds. The number of benzene rings is 2. The zero-order valence-electron chi connectivity index (χ0n) is 10.4. The summed E-state index contributed by atoms with van der Waals surface area (Å²) in [5.74, 6) is 0. The monoisotopic (exact) mass is 301 g/mol. The van der Waals surface area contributed by atoms with E-state index in [0.29, 0.717) is 6.04 Å². The van der Waals surface area contributed by atoms with Crippen LogP contribution in [0.1, 0.15) is 16.7 Å². The topological polar surface area (TPSA) is 12.0 Å². The second-order valence-electron chi connectivity index (χ2n) is 4.98.